The highest BCUT2D eigenvalue weighted by molar-refractivity contribution is 5.94. The van der Waals surface area contributed by atoms with Crippen molar-refractivity contribution in [1.82, 2.24) is 10.2 Å². The Bertz CT molecular complexity index is 1280. The molecular weight excluding hydrogens is 578 g/mol. The third-order valence-corrected chi connectivity index (χ3v) is 6.96. The van der Waals surface area contributed by atoms with Gasteiger partial charge in [0.25, 0.3) is 5.91 Å². The van der Waals surface area contributed by atoms with Gasteiger partial charge in [-0.3, -0.25) is 9.69 Å². The monoisotopic (exact) mass is 613 g/mol. The zero-order valence-electron chi connectivity index (χ0n) is 23.1. The summed E-state index contributed by atoms with van der Waals surface area (Å²) < 4.78 is 44.5. The van der Waals surface area contributed by atoms with Crippen molar-refractivity contribution in [2.75, 3.05) is 31.1 Å². The lowest BCUT2D eigenvalue weighted by atomic mass is 10.0. The number of carbonyl (C=O) groups is 1. The molecule has 0 spiro atoms. The van der Waals surface area contributed by atoms with E-state index in [1.165, 1.54) is 12.1 Å². The van der Waals surface area contributed by atoms with Gasteiger partial charge in [-0.15, -0.1) is 24.8 Å². The van der Waals surface area contributed by atoms with Gasteiger partial charge >= 0.3 is 6.18 Å². The highest BCUT2D eigenvalue weighted by Gasteiger charge is 2.31. The van der Waals surface area contributed by atoms with Crippen LogP contribution in [0.2, 0.25) is 0 Å². The van der Waals surface area contributed by atoms with Crippen molar-refractivity contribution in [3.05, 3.63) is 83.9 Å². The van der Waals surface area contributed by atoms with Crippen LogP contribution in [-0.4, -0.2) is 54.2 Å². The number of nitrogens with one attached hydrogen (secondary N) is 1. The summed E-state index contributed by atoms with van der Waals surface area (Å²) in [7, 11) is 0. The van der Waals surface area contributed by atoms with E-state index < -0.39 is 11.7 Å². The van der Waals surface area contributed by atoms with Crippen molar-refractivity contribution in [3.63, 3.8) is 0 Å². The van der Waals surface area contributed by atoms with E-state index in [1.807, 2.05) is 12.1 Å². The fraction of sp³-hybridized carbons (Fsp3) is 0.367. The van der Waals surface area contributed by atoms with Gasteiger partial charge in [0, 0.05) is 55.6 Å². The van der Waals surface area contributed by atoms with E-state index in [-0.39, 0.29) is 60.2 Å². The number of anilines is 1. The molecule has 0 aliphatic carbocycles. The van der Waals surface area contributed by atoms with Crippen LogP contribution in [0.1, 0.15) is 36.7 Å². The van der Waals surface area contributed by atoms with Crippen molar-refractivity contribution >= 4 is 36.4 Å². The topological polar surface area (TPSA) is 65.0 Å². The number of nitrogens with zero attached hydrogens (tertiary/aromatic N) is 2. The summed E-state index contributed by atoms with van der Waals surface area (Å²) >= 11 is 0. The Labute approximate surface area is 251 Å². The summed E-state index contributed by atoms with van der Waals surface area (Å²) in [6.45, 7) is 9.49. The second kappa shape index (κ2) is 14.7. The molecule has 4 rings (SSSR count). The lowest BCUT2D eigenvalue weighted by molar-refractivity contribution is -0.137. The lowest BCUT2D eigenvalue weighted by Gasteiger charge is -2.42. The first kappa shape index (κ1) is 34.1. The molecule has 1 saturated heterocycles. The predicted molar refractivity (Wildman–Crippen MR) is 160 cm³/mol. The fourth-order valence-corrected chi connectivity index (χ4v) is 4.75. The Morgan fingerprint density at radius 2 is 1.68 bits per heavy atom. The number of aromatic hydroxyl groups is 1. The minimum Gasteiger partial charge on any atom is -0.508 e. The minimum atomic E-state index is -4.45. The molecule has 3 aromatic rings. The summed E-state index contributed by atoms with van der Waals surface area (Å²) in [4.78, 5) is 17.7. The lowest BCUT2D eigenvalue weighted by Crippen LogP contribution is -2.56. The van der Waals surface area contributed by atoms with Crippen LogP contribution in [0.15, 0.2) is 72.8 Å². The molecule has 2 atom stereocenters. The number of rotatable bonds is 8. The molecule has 1 heterocycles. The van der Waals surface area contributed by atoms with Gasteiger partial charge in [-0.25, -0.2) is 0 Å². The largest absolute Gasteiger partial charge is 0.508 e. The molecule has 0 radical (unpaired) electrons. The molecule has 6 nitrogen and oxygen atoms in total. The Morgan fingerprint density at radius 1 is 1.00 bits per heavy atom. The Balaban J connectivity index is 0.00000294. The van der Waals surface area contributed by atoms with Gasteiger partial charge in [-0.2, -0.15) is 13.2 Å². The van der Waals surface area contributed by atoms with E-state index in [4.69, 9.17) is 4.74 Å². The van der Waals surface area contributed by atoms with Gasteiger partial charge in [-0.1, -0.05) is 26.0 Å². The van der Waals surface area contributed by atoms with Crippen LogP contribution in [0.4, 0.5) is 18.9 Å². The SMILES string of the molecule is CC(C)[C@@H](CN1CCN(c2cccc(O)c2)[C@@H](C)C1)NC(=O)c1ccc(Oc2cccc(C(F)(F)F)c2)cc1.Cl.Cl. The first-order valence-electron chi connectivity index (χ1n) is 13.0. The number of piperazine rings is 1. The van der Waals surface area contributed by atoms with E-state index >= 15 is 0 Å². The molecule has 224 valence electrons. The molecule has 41 heavy (non-hydrogen) atoms. The van der Waals surface area contributed by atoms with Crippen molar-refractivity contribution in [3.8, 4) is 17.2 Å². The molecule has 2 N–H and O–H groups in total. The summed E-state index contributed by atoms with van der Waals surface area (Å²) in [5.74, 6) is 0.646. The molecule has 11 heteroatoms. The summed E-state index contributed by atoms with van der Waals surface area (Å²) in [6.07, 6.45) is -4.45. The number of alkyl halides is 3. The van der Waals surface area contributed by atoms with E-state index in [0.717, 1.165) is 37.5 Å². The number of carbonyl (C=O) groups excluding carboxylic acids is 1. The van der Waals surface area contributed by atoms with E-state index in [0.29, 0.717) is 17.9 Å². The number of amides is 1. The highest BCUT2D eigenvalue weighted by atomic mass is 35.5. The summed E-state index contributed by atoms with van der Waals surface area (Å²) in [6, 6.07) is 18.5. The number of hydrogen-bond donors (Lipinski definition) is 2. The molecule has 1 aliphatic rings. The van der Waals surface area contributed by atoms with E-state index in [9.17, 15) is 23.1 Å². The molecule has 1 amide bonds. The number of ether oxygens (including phenoxy) is 1. The summed E-state index contributed by atoms with van der Waals surface area (Å²) in [5, 5.41) is 13.0. The third-order valence-electron chi connectivity index (χ3n) is 6.96. The molecule has 1 aliphatic heterocycles. The Hall–Kier alpha value is -3.14. The van der Waals surface area contributed by atoms with Crippen molar-refractivity contribution in [2.24, 2.45) is 5.92 Å². The maximum atomic E-state index is 13.0. The maximum absolute atomic E-state index is 13.0. The zero-order valence-corrected chi connectivity index (χ0v) is 24.7. The standard InChI is InChI=1S/C30H34F3N3O3.2ClH/c1-20(2)28(19-35-14-15-36(21(3)18-35)24-7-5-8-25(37)17-24)34-29(38)22-10-12-26(13-11-22)39-27-9-4-6-23(16-27)30(31,32)33;;/h4-13,16-17,20-21,28,37H,14-15,18-19H2,1-3H3,(H,34,38);2*1H/t21-,28+;;/m0../s1. The average molecular weight is 615 g/mol. The molecule has 0 saturated carbocycles. The third kappa shape index (κ3) is 9.18. The van der Waals surface area contributed by atoms with Crippen LogP contribution in [0.5, 0.6) is 17.2 Å². The number of phenols is 1. The number of benzene rings is 3. The number of hydrogen-bond acceptors (Lipinski definition) is 5. The second-order valence-corrected chi connectivity index (χ2v) is 10.3. The van der Waals surface area contributed by atoms with Gasteiger partial charge in [0.05, 0.1) is 5.56 Å². The Morgan fingerprint density at radius 3 is 2.29 bits per heavy atom. The van der Waals surface area contributed by atoms with Crippen LogP contribution in [0.3, 0.4) is 0 Å². The Kier molecular flexibility index (Phi) is 12.2. The smallest absolute Gasteiger partial charge is 0.416 e. The highest BCUT2D eigenvalue weighted by Crippen LogP contribution is 2.33. The number of halogens is 5. The molecule has 0 aromatic heterocycles. The maximum Gasteiger partial charge on any atom is 0.416 e. The summed E-state index contributed by atoms with van der Waals surface area (Å²) in [5.41, 5.74) is 0.654. The normalized spacial score (nSPS) is 16.4. The van der Waals surface area contributed by atoms with Gasteiger partial charge in [-0.05, 0) is 67.4 Å². The van der Waals surface area contributed by atoms with Gasteiger partial charge in [0.1, 0.15) is 17.2 Å². The second-order valence-electron chi connectivity index (χ2n) is 10.3. The minimum absolute atomic E-state index is 0. The van der Waals surface area contributed by atoms with Crippen molar-refractivity contribution < 1.29 is 27.8 Å². The van der Waals surface area contributed by atoms with Crippen LogP contribution in [0, 0.1) is 5.92 Å². The van der Waals surface area contributed by atoms with E-state index in [2.05, 4.69) is 35.9 Å². The zero-order chi connectivity index (χ0) is 28.2. The molecule has 0 bridgehead atoms. The van der Waals surface area contributed by atoms with Crippen LogP contribution >= 0.6 is 24.8 Å². The van der Waals surface area contributed by atoms with Gasteiger partial charge < -0.3 is 20.1 Å². The van der Waals surface area contributed by atoms with Crippen molar-refractivity contribution in [2.45, 2.75) is 39.0 Å². The molecular formula is C30H36Cl2F3N3O3. The molecule has 0 unspecified atom stereocenters. The fourth-order valence-electron chi connectivity index (χ4n) is 4.75. The van der Waals surface area contributed by atoms with Crippen LogP contribution < -0.4 is 15.0 Å². The first-order valence-corrected chi connectivity index (χ1v) is 13.0. The molecule has 3 aromatic carbocycles. The van der Waals surface area contributed by atoms with Crippen LogP contribution in [0.25, 0.3) is 0 Å². The van der Waals surface area contributed by atoms with E-state index in [1.54, 1.807) is 36.4 Å². The number of phenolic OH excluding ortho intramolecular Hbond substituents is 1. The average Bonchev–Trinajstić information content (AvgIpc) is 2.88. The predicted octanol–water partition coefficient (Wildman–Crippen LogP) is 7.01. The van der Waals surface area contributed by atoms with Gasteiger partial charge in [0.15, 0.2) is 0 Å². The van der Waals surface area contributed by atoms with Gasteiger partial charge in [0.2, 0.25) is 0 Å². The molecule has 1 fully saturated rings. The quantitative estimate of drug-likeness (QED) is 0.286. The van der Waals surface area contributed by atoms with Crippen molar-refractivity contribution in [1.29, 1.82) is 0 Å². The van der Waals surface area contributed by atoms with Crippen LogP contribution in [-0.2, 0) is 6.18 Å². The first-order chi connectivity index (χ1) is 18.5.